The number of rotatable bonds is 6. The molecule has 1 saturated heterocycles. The van der Waals surface area contributed by atoms with Gasteiger partial charge in [0.2, 0.25) is 0 Å². The minimum absolute atomic E-state index is 0. The van der Waals surface area contributed by atoms with E-state index >= 15 is 0 Å². The molecule has 1 aromatic rings. The van der Waals surface area contributed by atoms with E-state index in [1.165, 1.54) is 18.6 Å². The summed E-state index contributed by atoms with van der Waals surface area (Å²) in [5.74, 6) is 3.60. The van der Waals surface area contributed by atoms with Crippen molar-refractivity contribution in [1.82, 2.24) is 10.6 Å². The number of nitrogens with zero attached hydrogens (tertiary/aromatic N) is 1. The van der Waals surface area contributed by atoms with Crippen LogP contribution in [-0.4, -0.2) is 44.8 Å². The molecule has 23 heavy (non-hydrogen) atoms. The van der Waals surface area contributed by atoms with Crippen molar-refractivity contribution in [1.29, 1.82) is 0 Å². The van der Waals surface area contributed by atoms with Crippen molar-refractivity contribution >= 4 is 41.7 Å². The lowest BCUT2D eigenvalue weighted by atomic mass is 10.2. The SMILES string of the molecule is CN=C(NCc1ccc(OC)c(OC)c1)NCC1CCCS1.I. The van der Waals surface area contributed by atoms with Gasteiger partial charge >= 0.3 is 0 Å². The van der Waals surface area contributed by atoms with E-state index in [4.69, 9.17) is 9.47 Å². The zero-order valence-electron chi connectivity index (χ0n) is 13.9. The molecule has 0 radical (unpaired) electrons. The Morgan fingerprint density at radius 2 is 2.04 bits per heavy atom. The Hall–Kier alpha value is -0.830. The number of methoxy groups -OCH3 is 2. The fraction of sp³-hybridized carbons (Fsp3) is 0.562. The number of guanidine groups is 1. The van der Waals surface area contributed by atoms with Gasteiger partial charge in [-0.3, -0.25) is 4.99 Å². The highest BCUT2D eigenvalue weighted by Gasteiger charge is 2.15. The zero-order chi connectivity index (χ0) is 15.8. The second-order valence-corrected chi connectivity index (χ2v) is 6.54. The van der Waals surface area contributed by atoms with Crippen LogP contribution in [0.4, 0.5) is 0 Å². The first-order chi connectivity index (χ1) is 10.8. The zero-order valence-corrected chi connectivity index (χ0v) is 17.1. The van der Waals surface area contributed by atoms with E-state index in [1.807, 2.05) is 30.0 Å². The van der Waals surface area contributed by atoms with Gasteiger partial charge in [-0.15, -0.1) is 24.0 Å². The molecule has 1 aliphatic heterocycles. The summed E-state index contributed by atoms with van der Waals surface area (Å²) >= 11 is 2.04. The maximum Gasteiger partial charge on any atom is 0.191 e. The van der Waals surface area contributed by atoms with E-state index in [1.54, 1.807) is 21.3 Å². The fourth-order valence-corrected chi connectivity index (χ4v) is 3.61. The molecule has 0 saturated carbocycles. The molecule has 130 valence electrons. The molecule has 2 N–H and O–H groups in total. The summed E-state index contributed by atoms with van der Waals surface area (Å²) < 4.78 is 10.6. The van der Waals surface area contributed by atoms with E-state index in [-0.39, 0.29) is 24.0 Å². The maximum atomic E-state index is 5.32. The second kappa shape index (κ2) is 10.9. The van der Waals surface area contributed by atoms with E-state index in [0.29, 0.717) is 11.8 Å². The highest BCUT2D eigenvalue weighted by Crippen LogP contribution is 2.27. The van der Waals surface area contributed by atoms with Crippen molar-refractivity contribution in [3.8, 4) is 11.5 Å². The summed E-state index contributed by atoms with van der Waals surface area (Å²) in [4.78, 5) is 4.27. The minimum atomic E-state index is 0. The van der Waals surface area contributed by atoms with Gasteiger partial charge in [-0.05, 0) is 36.3 Å². The third-order valence-electron chi connectivity index (χ3n) is 3.65. The molecule has 0 aromatic heterocycles. The van der Waals surface area contributed by atoms with Crippen LogP contribution in [0.25, 0.3) is 0 Å². The molecule has 7 heteroatoms. The quantitative estimate of drug-likeness (QED) is 0.396. The summed E-state index contributed by atoms with van der Waals surface area (Å²) in [5, 5.41) is 7.43. The van der Waals surface area contributed by atoms with Crippen molar-refractivity contribution in [2.75, 3.05) is 33.6 Å². The average Bonchev–Trinajstić information content (AvgIpc) is 3.08. The van der Waals surface area contributed by atoms with Crippen LogP contribution in [-0.2, 0) is 6.54 Å². The molecular weight excluding hydrogens is 425 g/mol. The van der Waals surface area contributed by atoms with Gasteiger partial charge in [0.15, 0.2) is 17.5 Å². The number of nitrogens with one attached hydrogen (secondary N) is 2. The Morgan fingerprint density at radius 3 is 2.65 bits per heavy atom. The van der Waals surface area contributed by atoms with Crippen LogP contribution >= 0.6 is 35.7 Å². The fourth-order valence-electron chi connectivity index (χ4n) is 2.41. The third kappa shape index (κ3) is 6.29. The van der Waals surface area contributed by atoms with Gasteiger partial charge in [0.1, 0.15) is 0 Å². The van der Waals surface area contributed by atoms with Crippen molar-refractivity contribution in [3.05, 3.63) is 23.8 Å². The van der Waals surface area contributed by atoms with E-state index in [2.05, 4.69) is 15.6 Å². The topological polar surface area (TPSA) is 54.9 Å². The normalized spacial score (nSPS) is 17.3. The molecule has 1 unspecified atom stereocenters. The van der Waals surface area contributed by atoms with Crippen LogP contribution in [0.1, 0.15) is 18.4 Å². The van der Waals surface area contributed by atoms with E-state index < -0.39 is 0 Å². The Morgan fingerprint density at radius 1 is 1.26 bits per heavy atom. The van der Waals surface area contributed by atoms with E-state index in [9.17, 15) is 0 Å². The molecule has 0 aliphatic carbocycles. The number of ether oxygens (including phenoxy) is 2. The van der Waals surface area contributed by atoms with Crippen molar-refractivity contribution < 1.29 is 9.47 Å². The standard InChI is InChI=1S/C16H25N3O2S.HI/c1-17-16(19-11-13-5-4-8-22-13)18-10-12-6-7-14(20-2)15(9-12)21-3;/h6-7,9,13H,4-5,8,10-11H2,1-3H3,(H2,17,18,19);1H. The Balaban J connectivity index is 0.00000264. The van der Waals surface area contributed by atoms with Gasteiger partial charge in [-0.2, -0.15) is 11.8 Å². The summed E-state index contributed by atoms with van der Waals surface area (Å²) in [7, 11) is 5.09. The first-order valence-electron chi connectivity index (χ1n) is 7.54. The molecule has 5 nitrogen and oxygen atoms in total. The summed E-state index contributed by atoms with van der Waals surface area (Å²) in [6, 6.07) is 5.92. The number of aliphatic imine (C=N–C) groups is 1. The number of hydrogen-bond donors (Lipinski definition) is 2. The lowest BCUT2D eigenvalue weighted by Gasteiger charge is -2.15. The monoisotopic (exact) mass is 451 g/mol. The second-order valence-electron chi connectivity index (χ2n) is 5.13. The molecule has 0 amide bonds. The highest BCUT2D eigenvalue weighted by molar-refractivity contribution is 14.0. The van der Waals surface area contributed by atoms with Gasteiger partial charge in [-0.1, -0.05) is 6.07 Å². The third-order valence-corrected chi connectivity index (χ3v) is 5.05. The molecule has 1 atom stereocenters. The van der Waals surface area contributed by atoms with Crippen molar-refractivity contribution in [3.63, 3.8) is 0 Å². The largest absolute Gasteiger partial charge is 0.493 e. The Kier molecular flexibility index (Phi) is 9.54. The minimum Gasteiger partial charge on any atom is -0.493 e. The molecule has 1 aromatic carbocycles. The summed E-state index contributed by atoms with van der Waals surface area (Å²) in [5.41, 5.74) is 1.12. The van der Waals surface area contributed by atoms with Crippen LogP contribution < -0.4 is 20.1 Å². The van der Waals surface area contributed by atoms with Crippen LogP contribution in [0.2, 0.25) is 0 Å². The van der Waals surface area contributed by atoms with Crippen LogP contribution in [0, 0.1) is 0 Å². The molecule has 0 bridgehead atoms. The number of hydrogen-bond acceptors (Lipinski definition) is 4. The molecular formula is C16H26IN3O2S. The molecule has 1 heterocycles. The van der Waals surface area contributed by atoms with Crippen molar-refractivity contribution in [2.45, 2.75) is 24.6 Å². The predicted molar refractivity (Wildman–Crippen MR) is 109 cm³/mol. The van der Waals surface area contributed by atoms with Crippen molar-refractivity contribution in [2.24, 2.45) is 4.99 Å². The lowest BCUT2D eigenvalue weighted by Crippen LogP contribution is -2.39. The van der Waals surface area contributed by atoms with Crippen LogP contribution in [0.15, 0.2) is 23.2 Å². The molecule has 1 fully saturated rings. The summed E-state index contributed by atoms with van der Waals surface area (Å²) in [6.45, 7) is 1.66. The Bertz CT molecular complexity index is 508. The first-order valence-corrected chi connectivity index (χ1v) is 8.58. The van der Waals surface area contributed by atoms with Gasteiger partial charge in [-0.25, -0.2) is 0 Å². The van der Waals surface area contributed by atoms with Crippen LogP contribution in [0.5, 0.6) is 11.5 Å². The molecule has 0 spiro atoms. The van der Waals surface area contributed by atoms with E-state index in [0.717, 1.165) is 29.6 Å². The molecule has 1 aliphatic rings. The number of halogens is 1. The van der Waals surface area contributed by atoms with Crippen LogP contribution in [0.3, 0.4) is 0 Å². The Labute approximate surface area is 160 Å². The predicted octanol–water partition coefficient (Wildman–Crippen LogP) is 2.88. The van der Waals surface area contributed by atoms with Gasteiger partial charge < -0.3 is 20.1 Å². The number of thioether (sulfide) groups is 1. The average molecular weight is 451 g/mol. The first kappa shape index (κ1) is 20.2. The summed E-state index contributed by atoms with van der Waals surface area (Å²) in [6.07, 6.45) is 2.62. The van der Waals surface area contributed by atoms with Gasteiger partial charge in [0.05, 0.1) is 14.2 Å². The molecule has 2 rings (SSSR count). The van der Waals surface area contributed by atoms with Gasteiger partial charge in [0, 0.05) is 25.4 Å². The smallest absolute Gasteiger partial charge is 0.191 e. The number of benzene rings is 1. The lowest BCUT2D eigenvalue weighted by molar-refractivity contribution is 0.354. The van der Waals surface area contributed by atoms with Gasteiger partial charge in [0.25, 0.3) is 0 Å². The maximum absolute atomic E-state index is 5.32. The highest BCUT2D eigenvalue weighted by atomic mass is 127.